The Morgan fingerprint density at radius 3 is 2.68 bits per heavy atom. The lowest BCUT2D eigenvalue weighted by Gasteiger charge is -2.00. The minimum atomic E-state index is -1.16. The van der Waals surface area contributed by atoms with Crippen LogP contribution in [0.25, 0.3) is 10.4 Å². The Hall–Kier alpha value is -2.21. The van der Waals surface area contributed by atoms with Crippen LogP contribution in [0, 0.1) is 6.92 Å². The van der Waals surface area contributed by atoms with Crippen molar-refractivity contribution in [3.8, 4) is 10.4 Å². The lowest BCUT2D eigenvalue weighted by Crippen LogP contribution is -2.03. The lowest BCUT2D eigenvalue weighted by molar-refractivity contribution is 0.0600. The van der Waals surface area contributed by atoms with Crippen molar-refractivity contribution in [1.29, 1.82) is 0 Å². The van der Waals surface area contributed by atoms with Gasteiger partial charge in [0.2, 0.25) is 5.01 Å². The number of carbonyl (C=O) groups excluding carboxylic acids is 1. The summed E-state index contributed by atoms with van der Waals surface area (Å²) in [6, 6.07) is 7.37. The fourth-order valence-electron chi connectivity index (χ4n) is 1.62. The molecule has 0 fully saturated rings. The molecular formula is C13H11NO4S. The van der Waals surface area contributed by atoms with E-state index >= 15 is 0 Å². The number of nitrogens with zero attached hydrogens (tertiary/aromatic N) is 1. The van der Waals surface area contributed by atoms with E-state index < -0.39 is 11.9 Å². The van der Waals surface area contributed by atoms with Crippen molar-refractivity contribution in [3.63, 3.8) is 0 Å². The topological polar surface area (TPSA) is 76.5 Å². The van der Waals surface area contributed by atoms with E-state index in [1.165, 1.54) is 7.11 Å². The Balaban J connectivity index is 2.58. The van der Waals surface area contributed by atoms with E-state index in [0.717, 1.165) is 22.5 Å². The molecule has 1 aromatic heterocycles. The van der Waals surface area contributed by atoms with Crippen LogP contribution in [-0.4, -0.2) is 29.1 Å². The second-order valence-electron chi connectivity index (χ2n) is 3.86. The van der Waals surface area contributed by atoms with Gasteiger partial charge in [-0.25, -0.2) is 14.6 Å². The van der Waals surface area contributed by atoms with Gasteiger partial charge in [0.15, 0.2) is 5.69 Å². The molecule has 6 heteroatoms. The standard InChI is InChI=1S/C13H11NO4S/c1-7-4-3-5-8(6-7)10-9(12(15)16)14-11(19-10)13(17)18-2/h3-6H,1-2H3,(H,15,16). The summed E-state index contributed by atoms with van der Waals surface area (Å²) >= 11 is 1.02. The maximum atomic E-state index is 11.4. The first-order valence-corrected chi connectivity index (χ1v) is 6.24. The number of carboxylic acid groups (broad SMARTS) is 1. The van der Waals surface area contributed by atoms with Crippen molar-refractivity contribution in [2.45, 2.75) is 6.92 Å². The fraction of sp³-hybridized carbons (Fsp3) is 0.154. The highest BCUT2D eigenvalue weighted by atomic mass is 32.1. The van der Waals surface area contributed by atoms with Crippen molar-refractivity contribution in [2.75, 3.05) is 7.11 Å². The van der Waals surface area contributed by atoms with Crippen LogP contribution in [0.15, 0.2) is 24.3 Å². The van der Waals surface area contributed by atoms with Crippen molar-refractivity contribution in [3.05, 3.63) is 40.5 Å². The average Bonchev–Trinajstić information content (AvgIpc) is 2.83. The zero-order chi connectivity index (χ0) is 14.0. The van der Waals surface area contributed by atoms with Gasteiger partial charge in [-0.15, -0.1) is 11.3 Å². The van der Waals surface area contributed by atoms with Crippen molar-refractivity contribution in [2.24, 2.45) is 0 Å². The molecule has 98 valence electrons. The molecule has 0 saturated heterocycles. The molecule has 0 spiro atoms. The second kappa shape index (κ2) is 5.19. The molecule has 0 atom stereocenters. The number of carboxylic acids is 1. The molecule has 2 rings (SSSR count). The fourth-order valence-corrected chi connectivity index (χ4v) is 2.59. The van der Waals surface area contributed by atoms with Crippen LogP contribution in [0.1, 0.15) is 25.9 Å². The van der Waals surface area contributed by atoms with E-state index in [-0.39, 0.29) is 10.7 Å². The van der Waals surface area contributed by atoms with E-state index in [0.29, 0.717) is 4.88 Å². The zero-order valence-corrected chi connectivity index (χ0v) is 11.2. The number of aryl methyl sites for hydroxylation is 1. The first-order valence-electron chi connectivity index (χ1n) is 5.42. The van der Waals surface area contributed by atoms with E-state index in [1.54, 1.807) is 6.07 Å². The Morgan fingerprint density at radius 2 is 2.11 bits per heavy atom. The second-order valence-corrected chi connectivity index (χ2v) is 4.86. The number of hydrogen-bond donors (Lipinski definition) is 1. The summed E-state index contributed by atoms with van der Waals surface area (Å²) in [5.74, 6) is -1.80. The van der Waals surface area contributed by atoms with Crippen molar-refractivity contribution < 1.29 is 19.4 Å². The summed E-state index contributed by atoms with van der Waals surface area (Å²) in [6.45, 7) is 1.91. The molecule has 5 nitrogen and oxygen atoms in total. The maximum absolute atomic E-state index is 11.4. The molecule has 1 heterocycles. The first kappa shape index (κ1) is 13.2. The summed E-state index contributed by atoms with van der Waals surface area (Å²) in [5.41, 5.74) is 1.60. The third-order valence-electron chi connectivity index (χ3n) is 2.47. The highest BCUT2D eigenvalue weighted by molar-refractivity contribution is 7.17. The number of esters is 1. The molecule has 0 saturated carbocycles. The number of aromatic nitrogens is 1. The van der Waals surface area contributed by atoms with Gasteiger partial charge in [-0.2, -0.15) is 0 Å². The summed E-state index contributed by atoms with van der Waals surface area (Å²) in [4.78, 5) is 26.9. The van der Waals surface area contributed by atoms with Crippen molar-refractivity contribution in [1.82, 2.24) is 4.98 Å². The summed E-state index contributed by atoms with van der Waals surface area (Å²) in [6.07, 6.45) is 0. The monoisotopic (exact) mass is 277 g/mol. The highest BCUT2D eigenvalue weighted by Crippen LogP contribution is 2.31. The molecular weight excluding hydrogens is 266 g/mol. The SMILES string of the molecule is COC(=O)c1nc(C(=O)O)c(-c2cccc(C)c2)s1. The molecule has 0 unspecified atom stereocenters. The first-order chi connectivity index (χ1) is 9.02. The number of carbonyl (C=O) groups is 2. The molecule has 1 N–H and O–H groups in total. The van der Waals surface area contributed by atoms with Crippen LogP contribution in [0.2, 0.25) is 0 Å². The summed E-state index contributed by atoms with van der Waals surface area (Å²) in [5, 5.41) is 9.19. The van der Waals surface area contributed by atoms with E-state index in [1.807, 2.05) is 25.1 Å². The third-order valence-corrected chi connectivity index (χ3v) is 3.55. The smallest absolute Gasteiger partial charge is 0.367 e. The van der Waals surface area contributed by atoms with Gasteiger partial charge in [-0.05, 0) is 12.5 Å². The molecule has 1 aromatic carbocycles. The number of thiazole rings is 1. The minimum absolute atomic E-state index is 0.0383. The summed E-state index contributed by atoms with van der Waals surface area (Å²) < 4.78 is 4.56. The molecule has 0 radical (unpaired) electrons. The quantitative estimate of drug-likeness (QED) is 0.873. The number of methoxy groups -OCH3 is 1. The van der Waals surface area contributed by atoms with Crippen LogP contribution in [0.4, 0.5) is 0 Å². The largest absolute Gasteiger partial charge is 0.476 e. The number of aromatic carboxylic acids is 1. The van der Waals surface area contributed by atoms with E-state index in [4.69, 9.17) is 5.11 Å². The van der Waals surface area contributed by atoms with Crippen LogP contribution in [0.3, 0.4) is 0 Å². The lowest BCUT2D eigenvalue weighted by atomic mass is 10.1. The molecule has 2 aromatic rings. The Morgan fingerprint density at radius 1 is 1.37 bits per heavy atom. The van der Waals surface area contributed by atoms with Crippen molar-refractivity contribution >= 4 is 23.3 Å². The van der Waals surface area contributed by atoms with Gasteiger partial charge >= 0.3 is 11.9 Å². The van der Waals surface area contributed by atoms with Gasteiger partial charge in [-0.1, -0.05) is 29.8 Å². The number of rotatable bonds is 3. The number of ether oxygens (including phenoxy) is 1. The van der Waals surface area contributed by atoms with Gasteiger partial charge in [0, 0.05) is 0 Å². The predicted molar refractivity (Wildman–Crippen MR) is 70.6 cm³/mol. The Kier molecular flexibility index (Phi) is 3.62. The third kappa shape index (κ3) is 2.63. The normalized spacial score (nSPS) is 10.2. The van der Waals surface area contributed by atoms with Gasteiger partial charge < -0.3 is 9.84 Å². The minimum Gasteiger partial charge on any atom is -0.476 e. The zero-order valence-electron chi connectivity index (χ0n) is 10.3. The number of hydrogen-bond acceptors (Lipinski definition) is 5. The molecule has 19 heavy (non-hydrogen) atoms. The maximum Gasteiger partial charge on any atom is 0.367 e. The molecule has 0 aliphatic rings. The van der Waals surface area contributed by atoms with Gasteiger partial charge in [0.05, 0.1) is 12.0 Å². The number of benzene rings is 1. The Bertz CT molecular complexity index is 648. The average molecular weight is 277 g/mol. The highest BCUT2D eigenvalue weighted by Gasteiger charge is 2.22. The van der Waals surface area contributed by atoms with E-state index in [9.17, 15) is 9.59 Å². The summed E-state index contributed by atoms with van der Waals surface area (Å²) in [7, 11) is 1.23. The van der Waals surface area contributed by atoms with E-state index in [2.05, 4.69) is 9.72 Å². The van der Waals surface area contributed by atoms with Gasteiger partial charge in [-0.3, -0.25) is 0 Å². The van der Waals surface area contributed by atoms with Gasteiger partial charge in [0.1, 0.15) is 0 Å². The molecule has 0 amide bonds. The molecule has 0 bridgehead atoms. The van der Waals surface area contributed by atoms with Crippen LogP contribution in [-0.2, 0) is 4.74 Å². The van der Waals surface area contributed by atoms with Gasteiger partial charge in [0.25, 0.3) is 0 Å². The Labute approximate surface area is 113 Å². The molecule has 0 aliphatic heterocycles. The predicted octanol–water partition coefficient (Wildman–Crippen LogP) is 2.60. The van der Waals surface area contributed by atoms with Crippen LogP contribution in [0.5, 0.6) is 0 Å². The van der Waals surface area contributed by atoms with Crippen LogP contribution < -0.4 is 0 Å². The molecule has 0 aliphatic carbocycles. The van der Waals surface area contributed by atoms with Crippen LogP contribution >= 0.6 is 11.3 Å².